The van der Waals surface area contributed by atoms with E-state index < -0.39 is 24.2 Å². The van der Waals surface area contributed by atoms with E-state index in [0.717, 1.165) is 0 Å². The predicted molar refractivity (Wildman–Crippen MR) is 105 cm³/mol. The number of amides is 2. The molecule has 2 amide bonds. The molecule has 29 heavy (non-hydrogen) atoms. The van der Waals surface area contributed by atoms with Gasteiger partial charge in [0.1, 0.15) is 19.3 Å². The van der Waals surface area contributed by atoms with Gasteiger partial charge in [0.15, 0.2) is 0 Å². The summed E-state index contributed by atoms with van der Waals surface area (Å²) in [4.78, 5) is 37.4. The molecule has 0 saturated carbocycles. The van der Waals surface area contributed by atoms with Gasteiger partial charge in [-0.15, -0.1) is 0 Å². The molecule has 0 aliphatic heterocycles. The molecule has 0 heterocycles. The fourth-order valence-corrected chi connectivity index (χ4v) is 2.58. The second kappa shape index (κ2) is 11.5. The zero-order valence-electron chi connectivity index (χ0n) is 15.9. The van der Waals surface area contributed by atoms with E-state index >= 15 is 0 Å². The highest BCUT2D eigenvalue weighted by molar-refractivity contribution is 5.93. The van der Waals surface area contributed by atoms with Crippen molar-refractivity contribution >= 4 is 18.2 Å². The van der Waals surface area contributed by atoms with Gasteiger partial charge in [-0.05, 0) is 30.5 Å². The van der Waals surface area contributed by atoms with Gasteiger partial charge in [-0.2, -0.15) is 4.90 Å². The molecule has 1 atom stereocenters. The Morgan fingerprint density at radius 3 is 1.69 bits per heavy atom. The Hall–Kier alpha value is -3.39. The van der Waals surface area contributed by atoms with Gasteiger partial charge in [0, 0.05) is 0 Å². The highest BCUT2D eigenvalue weighted by Crippen LogP contribution is 2.14. The van der Waals surface area contributed by atoms with Crippen molar-refractivity contribution in [2.24, 2.45) is 5.73 Å². The number of imide groups is 1. The van der Waals surface area contributed by atoms with Gasteiger partial charge < -0.3 is 20.3 Å². The molecule has 3 N–H and O–H groups in total. The Labute approximate surface area is 168 Å². The molecule has 0 fully saturated rings. The normalized spacial score (nSPS) is 11.3. The average Bonchev–Trinajstić information content (AvgIpc) is 2.74. The molecule has 0 aromatic heterocycles. The number of benzene rings is 2. The van der Waals surface area contributed by atoms with Crippen molar-refractivity contribution in [3.8, 4) is 0 Å². The molecule has 0 spiro atoms. The molecular formula is C21H24N2O6. The number of rotatable bonds is 9. The highest BCUT2D eigenvalue weighted by Gasteiger charge is 2.37. The van der Waals surface area contributed by atoms with Crippen LogP contribution in [0.4, 0.5) is 9.59 Å². The van der Waals surface area contributed by atoms with Gasteiger partial charge in [0.05, 0.1) is 0 Å². The summed E-state index contributed by atoms with van der Waals surface area (Å²) in [7, 11) is 0. The first kappa shape index (κ1) is 21.9. The summed E-state index contributed by atoms with van der Waals surface area (Å²) >= 11 is 0. The van der Waals surface area contributed by atoms with E-state index in [4.69, 9.17) is 15.2 Å². The average molecular weight is 400 g/mol. The lowest BCUT2D eigenvalue weighted by Gasteiger charge is -2.25. The minimum Gasteiger partial charge on any atom is -0.480 e. The molecule has 8 heteroatoms. The first-order chi connectivity index (χ1) is 14.0. The van der Waals surface area contributed by atoms with E-state index in [1.54, 1.807) is 48.5 Å². The Kier molecular flexibility index (Phi) is 8.65. The Balaban J connectivity index is 2.12. The van der Waals surface area contributed by atoms with Crippen molar-refractivity contribution < 1.29 is 29.0 Å². The maximum Gasteiger partial charge on any atom is 0.420 e. The van der Waals surface area contributed by atoms with Crippen molar-refractivity contribution in [3.63, 3.8) is 0 Å². The summed E-state index contributed by atoms with van der Waals surface area (Å²) in [6.07, 6.45) is -1.87. The molecule has 2 aromatic rings. The van der Waals surface area contributed by atoms with E-state index in [1.807, 2.05) is 12.1 Å². The van der Waals surface area contributed by atoms with Crippen molar-refractivity contribution in [1.29, 1.82) is 0 Å². The first-order valence-electron chi connectivity index (χ1n) is 9.16. The molecule has 0 saturated heterocycles. The number of hydrogen-bond donors (Lipinski definition) is 2. The van der Waals surface area contributed by atoms with E-state index in [0.29, 0.717) is 22.4 Å². The number of hydrogen-bond acceptors (Lipinski definition) is 6. The van der Waals surface area contributed by atoms with Gasteiger partial charge in [-0.1, -0.05) is 60.7 Å². The van der Waals surface area contributed by atoms with Crippen LogP contribution in [0.3, 0.4) is 0 Å². The fraction of sp³-hybridized carbons (Fsp3) is 0.286. The molecule has 1 unspecified atom stereocenters. The smallest absolute Gasteiger partial charge is 0.420 e. The van der Waals surface area contributed by atoms with Crippen LogP contribution in [-0.2, 0) is 27.5 Å². The Bertz CT molecular complexity index is 742. The van der Waals surface area contributed by atoms with Gasteiger partial charge in [-0.25, -0.2) is 14.4 Å². The Morgan fingerprint density at radius 2 is 1.31 bits per heavy atom. The van der Waals surface area contributed by atoms with Gasteiger partial charge in [0.2, 0.25) is 0 Å². The summed E-state index contributed by atoms with van der Waals surface area (Å²) < 4.78 is 10.3. The maximum absolute atomic E-state index is 12.6. The zero-order chi connectivity index (χ0) is 21.1. The number of carbonyl (C=O) groups is 3. The summed E-state index contributed by atoms with van der Waals surface area (Å²) in [5.41, 5.74) is 6.86. The number of ether oxygens (including phenoxy) is 2. The monoisotopic (exact) mass is 400 g/mol. The van der Waals surface area contributed by atoms with E-state index in [-0.39, 0.29) is 26.2 Å². The van der Waals surface area contributed by atoms with Gasteiger partial charge in [0.25, 0.3) is 0 Å². The molecule has 2 aromatic carbocycles. The second-order valence-electron chi connectivity index (χ2n) is 6.24. The molecule has 0 radical (unpaired) electrons. The summed E-state index contributed by atoms with van der Waals surface area (Å²) in [6.45, 7) is 0.00643. The third-order valence-corrected chi connectivity index (χ3v) is 4.08. The third-order valence-electron chi connectivity index (χ3n) is 4.08. The number of nitrogens with zero attached hydrogens (tertiary/aromatic N) is 1. The van der Waals surface area contributed by atoms with Crippen LogP contribution in [0.2, 0.25) is 0 Å². The lowest BCUT2D eigenvalue weighted by molar-refractivity contribution is -0.142. The lowest BCUT2D eigenvalue weighted by atomic mass is 10.1. The SMILES string of the molecule is NCCCC(C(=O)O)N(C(=O)OCc1ccccc1)C(=O)OCc1ccccc1. The van der Waals surface area contributed by atoms with Crippen LogP contribution in [0.1, 0.15) is 24.0 Å². The summed E-state index contributed by atoms with van der Waals surface area (Å²) in [5.74, 6) is -1.34. The van der Waals surface area contributed by atoms with Gasteiger partial charge in [-0.3, -0.25) is 0 Å². The number of carbonyl (C=O) groups excluding carboxylic acids is 2. The second-order valence-corrected chi connectivity index (χ2v) is 6.24. The van der Waals surface area contributed by atoms with Crippen molar-refractivity contribution in [1.82, 2.24) is 4.90 Å². The highest BCUT2D eigenvalue weighted by atomic mass is 16.6. The maximum atomic E-state index is 12.6. The van der Waals surface area contributed by atoms with E-state index in [2.05, 4.69) is 0 Å². The molecule has 0 aliphatic rings. The Morgan fingerprint density at radius 1 is 0.862 bits per heavy atom. The van der Waals surface area contributed by atoms with Crippen LogP contribution in [0.25, 0.3) is 0 Å². The molecule has 8 nitrogen and oxygen atoms in total. The van der Waals surface area contributed by atoms with E-state index in [1.165, 1.54) is 0 Å². The van der Waals surface area contributed by atoms with Crippen LogP contribution in [-0.4, -0.2) is 40.7 Å². The number of carboxylic acids is 1. The molecule has 154 valence electrons. The van der Waals surface area contributed by atoms with Crippen molar-refractivity contribution in [2.75, 3.05) is 6.54 Å². The molecule has 2 rings (SSSR count). The third kappa shape index (κ3) is 6.93. The topological polar surface area (TPSA) is 119 Å². The van der Waals surface area contributed by atoms with Crippen LogP contribution in [0, 0.1) is 0 Å². The predicted octanol–water partition coefficient (Wildman–Crippen LogP) is 3.15. The molecule has 0 aliphatic carbocycles. The number of aliphatic carboxylic acids is 1. The largest absolute Gasteiger partial charge is 0.480 e. The summed E-state index contributed by atoms with van der Waals surface area (Å²) in [6, 6.07) is 16.3. The lowest BCUT2D eigenvalue weighted by Crippen LogP contribution is -2.49. The molecular weight excluding hydrogens is 376 g/mol. The summed E-state index contributed by atoms with van der Waals surface area (Å²) in [5, 5.41) is 9.54. The zero-order valence-corrected chi connectivity index (χ0v) is 15.9. The minimum atomic E-state index is -1.44. The quantitative estimate of drug-likeness (QED) is 0.663. The van der Waals surface area contributed by atoms with Crippen LogP contribution < -0.4 is 5.73 Å². The molecule has 0 bridgehead atoms. The number of nitrogens with two attached hydrogens (primary N) is 1. The van der Waals surface area contributed by atoms with Crippen LogP contribution in [0.15, 0.2) is 60.7 Å². The minimum absolute atomic E-state index is 0.00723. The first-order valence-corrected chi connectivity index (χ1v) is 9.16. The number of carboxylic acid groups (broad SMARTS) is 1. The van der Waals surface area contributed by atoms with Crippen molar-refractivity contribution in [2.45, 2.75) is 32.1 Å². The standard InChI is InChI=1S/C21H24N2O6/c22-13-7-12-18(19(24)25)23(20(26)28-14-16-8-3-1-4-9-16)21(27)29-15-17-10-5-2-6-11-17/h1-6,8-11,18H,7,12-15,22H2,(H,24,25). The van der Waals surface area contributed by atoms with Crippen LogP contribution in [0.5, 0.6) is 0 Å². The van der Waals surface area contributed by atoms with Gasteiger partial charge >= 0.3 is 18.2 Å². The van der Waals surface area contributed by atoms with Crippen molar-refractivity contribution in [3.05, 3.63) is 71.8 Å². The van der Waals surface area contributed by atoms with E-state index in [9.17, 15) is 19.5 Å². The fourth-order valence-electron chi connectivity index (χ4n) is 2.58. The van der Waals surface area contributed by atoms with Crippen LogP contribution >= 0.6 is 0 Å².